The maximum absolute atomic E-state index is 13.0. The van der Waals surface area contributed by atoms with Gasteiger partial charge in [-0.15, -0.1) is 4.31 Å². The van der Waals surface area contributed by atoms with Gasteiger partial charge >= 0.3 is 0 Å². The zero-order chi connectivity index (χ0) is 14.8. The number of nitrogens with one attached hydrogen (secondary N) is 1. The van der Waals surface area contributed by atoms with Crippen molar-refractivity contribution in [2.45, 2.75) is 43.2 Å². The topological polar surface area (TPSA) is 61.8 Å². The summed E-state index contributed by atoms with van der Waals surface area (Å²) in [5.41, 5.74) is 2.69. The minimum absolute atomic E-state index is 0.266. The van der Waals surface area contributed by atoms with Crippen molar-refractivity contribution in [3.63, 3.8) is 0 Å². The first-order valence-electron chi connectivity index (χ1n) is 7.64. The van der Waals surface area contributed by atoms with Gasteiger partial charge in [0.05, 0.1) is 17.4 Å². The molecule has 0 aromatic heterocycles. The van der Waals surface area contributed by atoms with Gasteiger partial charge in [0.25, 0.3) is 0 Å². The minimum atomic E-state index is -1.25. The second-order valence-corrected chi connectivity index (χ2v) is 7.24. The second kappa shape index (κ2) is 6.54. The third-order valence-corrected chi connectivity index (χ3v) is 6.33. The van der Waals surface area contributed by atoms with Crippen molar-refractivity contribution < 1.29 is 9.76 Å². The summed E-state index contributed by atoms with van der Waals surface area (Å²) in [6.45, 7) is 5.29. The number of para-hydroxylation sites is 1. The summed E-state index contributed by atoms with van der Waals surface area (Å²) in [6, 6.07) is 8.02. The van der Waals surface area contributed by atoms with Crippen LogP contribution in [0.2, 0.25) is 0 Å². The molecule has 21 heavy (non-hydrogen) atoms. The largest absolute Gasteiger partial charge is 0.593 e. The molecule has 2 aliphatic rings. The molecule has 6 heteroatoms. The van der Waals surface area contributed by atoms with Gasteiger partial charge in [-0.2, -0.15) is 0 Å². The summed E-state index contributed by atoms with van der Waals surface area (Å²) in [5.74, 6) is 0. The third kappa shape index (κ3) is 2.91. The first-order valence-corrected chi connectivity index (χ1v) is 8.75. The molecular formula is C15H23N3O2S. The minimum Gasteiger partial charge on any atom is -0.593 e. The molecule has 116 valence electrons. The Hall–Kier alpha value is -0.790. The van der Waals surface area contributed by atoms with Crippen LogP contribution in [0.5, 0.6) is 0 Å². The number of hydrogen-bond donors (Lipinski definition) is 2. The van der Waals surface area contributed by atoms with E-state index in [0.717, 1.165) is 19.5 Å². The number of nitrogens with zero attached hydrogens (tertiary/aromatic N) is 2. The smallest absolute Gasteiger partial charge is 0.199 e. The lowest BCUT2D eigenvalue weighted by molar-refractivity contribution is 0.208. The molecule has 1 aromatic rings. The van der Waals surface area contributed by atoms with Gasteiger partial charge in [0.15, 0.2) is 4.90 Å². The van der Waals surface area contributed by atoms with Gasteiger partial charge in [-0.1, -0.05) is 12.1 Å². The zero-order valence-electron chi connectivity index (χ0n) is 12.4. The summed E-state index contributed by atoms with van der Waals surface area (Å²) in [7, 11) is 0. The average molecular weight is 309 g/mol. The van der Waals surface area contributed by atoms with Crippen molar-refractivity contribution in [1.29, 1.82) is 0 Å². The van der Waals surface area contributed by atoms with Crippen molar-refractivity contribution in [3.05, 3.63) is 24.3 Å². The molecule has 1 unspecified atom stereocenters. The van der Waals surface area contributed by atoms with E-state index in [1.807, 2.05) is 18.2 Å². The van der Waals surface area contributed by atoms with Gasteiger partial charge in [0.1, 0.15) is 5.69 Å². The summed E-state index contributed by atoms with van der Waals surface area (Å²) < 4.78 is 15.1. The normalized spacial score (nSPS) is 28.9. The Kier molecular flexibility index (Phi) is 4.71. The van der Waals surface area contributed by atoms with Crippen molar-refractivity contribution >= 4 is 17.0 Å². The van der Waals surface area contributed by atoms with Crippen LogP contribution in [0.25, 0.3) is 0 Å². The standard InChI is InChI=1S/C15H23N3O2S/c1-12-14-7-4-9-17(14)10-5-11-18(12)21(20)15-8-3-2-6-13(15)16-19/h2-3,6,8,12,14,16,19H,4-5,7,9-11H2,1H3/t12-,14-,21?/m0/s1. The number of rotatable bonds is 3. The number of benzene rings is 1. The Balaban J connectivity index is 1.84. The lowest BCUT2D eigenvalue weighted by atomic mass is 10.1. The first kappa shape index (κ1) is 15.1. The second-order valence-electron chi connectivity index (χ2n) is 5.84. The maximum atomic E-state index is 13.0. The number of hydrogen-bond acceptors (Lipinski definition) is 5. The van der Waals surface area contributed by atoms with Crippen LogP contribution in [-0.2, 0) is 11.4 Å². The summed E-state index contributed by atoms with van der Waals surface area (Å²) >= 11 is -1.25. The molecule has 1 aromatic carbocycles. The third-order valence-electron chi connectivity index (χ3n) is 4.66. The van der Waals surface area contributed by atoms with Crippen LogP contribution in [0, 0.1) is 0 Å². The Morgan fingerprint density at radius 1 is 1.24 bits per heavy atom. The molecule has 2 aliphatic heterocycles. The number of fused-ring (bicyclic) bond motifs is 1. The van der Waals surface area contributed by atoms with Crippen molar-refractivity contribution in [1.82, 2.24) is 9.21 Å². The summed E-state index contributed by atoms with van der Waals surface area (Å²) in [4.78, 5) is 3.19. The molecular weight excluding hydrogens is 286 g/mol. The molecule has 0 aliphatic carbocycles. The Morgan fingerprint density at radius 3 is 2.81 bits per heavy atom. The first-order chi connectivity index (χ1) is 10.2. The van der Waals surface area contributed by atoms with E-state index in [1.165, 1.54) is 19.4 Å². The summed E-state index contributed by atoms with van der Waals surface area (Å²) in [6.07, 6.45) is 3.47. The number of anilines is 1. The van der Waals surface area contributed by atoms with E-state index in [2.05, 4.69) is 21.6 Å². The van der Waals surface area contributed by atoms with Crippen LogP contribution in [-0.4, -0.2) is 50.7 Å². The molecule has 0 spiro atoms. The Bertz CT molecular complexity index is 488. The highest BCUT2D eigenvalue weighted by molar-refractivity contribution is 7.89. The maximum Gasteiger partial charge on any atom is 0.199 e. The van der Waals surface area contributed by atoms with Crippen molar-refractivity contribution in [2.24, 2.45) is 0 Å². The predicted molar refractivity (Wildman–Crippen MR) is 83.6 cm³/mol. The molecule has 3 atom stereocenters. The SMILES string of the molecule is C[C@H]1[C@@H]2CCCN2CCCN1[S+]([O-])c1ccccc1NO. The van der Waals surface area contributed by atoms with Crippen molar-refractivity contribution in [3.8, 4) is 0 Å². The van der Waals surface area contributed by atoms with E-state index < -0.39 is 11.4 Å². The van der Waals surface area contributed by atoms with E-state index in [9.17, 15) is 9.76 Å². The quantitative estimate of drug-likeness (QED) is 0.661. The zero-order valence-corrected chi connectivity index (χ0v) is 13.2. The monoisotopic (exact) mass is 309 g/mol. The van der Waals surface area contributed by atoms with E-state index >= 15 is 0 Å². The molecule has 0 saturated carbocycles. The fourth-order valence-electron chi connectivity index (χ4n) is 3.57. The van der Waals surface area contributed by atoms with E-state index in [-0.39, 0.29) is 6.04 Å². The van der Waals surface area contributed by atoms with Gasteiger partial charge in [-0.3, -0.25) is 15.6 Å². The van der Waals surface area contributed by atoms with Gasteiger partial charge in [-0.05, 0) is 51.4 Å². The van der Waals surface area contributed by atoms with Gasteiger partial charge in [-0.25, -0.2) is 0 Å². The van der Waals surface area contributed by atoms with Gasteiger partial charge in [0, 0.05) is 12.6 Å². The molecule has 2 N–H and O–H groups in total. The molecule has 0 bridgehead atoms. The van der Waals surface area contributed by atoms with Crippen LogP contribution in [0.4, 0.5) is 5.69 Å². The Morgan fingerprint density at radius 2 is 2.00 bits per heavy atom. The van der Waals surface area contributed by atoms with Crippen molar-refractivity contribution in [2.75, 3.05) is 25.1 Å². The highest BCUT2D eigenvalue weighted by Crippen LogP contribution is 2.32. The summed E-state index contributed by atoms with van der Waals surface area (Å²) in [5, 5.41) is 9.23. The van der Waals surface area contributed by atoms with E-state index in [4.69, 9.17) is 0 Å². The average Bonchev–Trinajstić information content (AvgIpc) is 2.93. The lowest BCUT2D eigenvalue weighted by Crippen LogP contribution is -2.47. The lowest BCUT2D eigenvalue weighted by Gasteiger charge is -2.33. The molecule has 2 fully saturated rings. The molecule has 3 rings (SSSR count). The van der Waals surface area contributed by atoms with Crippen LogP contribution in [0.15, 0.2) is 29.2 Å². The van der Waals surface area contributed by atoms with Crippen LogP contribution in [0.3, 0.4) is 0 Å². The molecule has 0 amide bonds. The van der Waals surface area contributed by atoms with Gasteiger partial charge < -0.3 is 4.55 Å². The van der Waals surface area contributed by atoms with Crippen LogP contribution >= 0.6 is 0 Å². The fourth-order valence-corrected chi connectivity index (χ4v) is 5.06. The predicted octanol–water partition coefficient (Wildman–Crippen LogP) is 2.07. The van der Waals surface area contributed by atoms with Crippen LogP contribution < -0.4 is 5.48 Å². The molecule has 2 saturated heterocycles. The highest BCUT2D eigenvalue weighted by atomic mass is 32.2. The van der Waals surface area contributed by atoms with Crippen LogP contribution in [0.1, 0.15) is 26.2 Å². The van der Waals surface area contributed by atoms with E-state index in [0.29, 0.717) is 16.6 Å². The molecule has 2 heterocycles. The molecule has 0 radical (unpaired) electrons. The molecule has 5 nitrogen and oxygen atoms in total. The Labute approximate surface area is 129 Å². The fraction of sp³-hybridized carbons (Fsp3) is 0.600. The highest BCUT2D eigenvalue weighted by Gasteiger charge is 2.40. The van der Waals surface area contributed by atoms with E-state index in [1.54, 1.807) is 6.07 Å². The van der Waals surface area contributed by atoms with Gasteiger partial charge in [0.2, 0.25) is 0 Å².